The van der Waals surface area contributed by atoms with Crippen molar-refractivity contribution in [1.29, 1.82) is 5.26 Å². The normalized spacial score (nSPS) is 20.6. The van der Waals surface area contributed by atoms with E-state index in [1.807, 2.05) is 18.7 Å². The van der Waals surface area contributed by atoms with Crippen LogP contribution in [-0.2, 0) is 15.8 Å². The van der Waals surface area contributed by atoms with Gasteiger partial charge in [0.25, 0.3) is 0 Å². The molecule has 0 aliphatic carbocycles. The molecule has 32 heavy (non-hydrogen) atoms. The fourth-order valence-corrected chi connectivity index (χ4v) is 5.08. The van der Waals surface area contributed by atoms with Crippen molar-refractivity contribution in [3.8, 4) is 6.07 Å². The van der Waals surface area contributed by atoms with Gasteiger partial charge < -0.3 is 15.5 Å². The lowest BCUT2D eigenvalue weighted by atomic mass is 9.76. The largest absolute Gasteiger partial charge is 0.417 e. The average Bonchev–Trinajstić information content (AvgIpc) is 3.13. The van der Waals surface area contributed by atoms with Gasteiger partial charge in [-0.3, -0.25) is 9.59 Å². The van der Waals surface area contributed by atoms with Crippen LogP contribution in [0.15, 0.2) is 18.2 Å². The van der Waals surface area contributed by atoms with E-state index < -0.39 is 29.3 Å². The van der Waals surface area contributed by atoms with Crippen molar-refractivity contribution in [1.82, 2.24) is 4.90 Å². The maximum absolute atomic E-state index is 13.4. The number of carbonyl (C=O) groups excluding carboxylic acids is 2. The summed E-state index contributed by atoms with van der Waals surface area (Å²) in [5.41, 5.74) is 4.08. The van der Waals surface area contributed by atoms with Crippen LogP contribution in [0.3, 0.4) is 0 Å². The second-order valence-corrected chi connectivity index (χ2v) is 8.93. The fraction of sp³-hybridized carbons (Fsp3) is 0.609. The number of likely N-dealkylation sites (tertiary alicyclic amines) is 1. The maximum Gasteiger partial charge on any atom is 0.417 e. The van der Waals surface area contributed by atoms with Crippen LogP contribution < -0.4 is 10.6 Å². The second kappa shape index (κ2) is 9.00. The van der Waals surface area contributed by atoms with Crippen LogP contribution in [0.1, 0.15) is 57.1 Å². The summed E-state index contributed by atoms with van der Waals surface area (Å²) >= 11 is 0. The molecule has 9 heteroatoms. The zero-order valence-electron chi connectivity index (χ0n) is 18.4. The molecule has 2 N–H and O–H groups in total. The Balaban J connectivity index is 1.83. The number of primary amides is 1. The third-order valence-corrected chi connectivity index (χ3v) is 7.07. The molecule has 174 valence electrons. The van der Waals surface area contributed by atoms with Gasteiger partial charge in [0.05, 0.1) is 17.2 Å². The van der Waals surface area contributed by atoms with Crippen LogP contribution in [0, 0.1) is 22.7 Å². The molecule has 1 unspecified atom stereocenters. The molecule has 2 heterocycles. The molecule has 6 nitrogen and oxygen atoms in total. The third kappa shape index (κ3) is 4.54. The Labute approximate surface area is 186 Å². The first-order valence-corrected chi connectivity index (χ1v) is 11.0. The summed E-state index contributed by atoms with van der Waals surface area (Å²) in [7, 11) is 0. The molecule has 1 aromatic carbocycles. The quantitative estimate of drug-likeness (QED) is 0.741. The van der Waals surface area contributed by atoms with Crippen LogP contribution in [0.25, 0.3) is 0 Å². The standard InChI is InChI=1S/C23H29F3N4O2/c1-3-15(4-2)21(32)29-9-7-22(8-10-29)12-19(20(28)31)30(14-22)17-6-5-16(13-27)18(11-17)23(24,25)26/h5-6,11,15,19H,3-4,7-10,12,14H2,1-2H3,(H2,28,31). The predicted molar refractivity (Wildman–Crippen MR) is 113 cm³/mol. The van der Waals surface area contributed by atoms with Crippen LogP contribution in [-0.4, -0.2) is 42.4 Å². The van der Waals surface area contributed by atoms with E-state index in [1.54, 1.807) is 11.0 Å². The molecule has 3 rings (SSSR count). The highest BCUT2D eigenvalue weighted by atomic mass is 19.4. The van der Waals surface area contributed by atoms with E-state index in [0.29, 0.717) is 38.9 Å². The maximum atomic E-state index is 13.4. The second-order valence-electron chi connectivity index (χ2n) is 8.93. The minimum atomic E-state index is -4.68. The highest BCUT2D eigenvalue weighted by Gasteiger charge is 2.48. The molecule has 2 saturated heterocycles. The smallest absolute Gasteiger partial charge is 0.368 e. The van der Waals surface area contributed by atoms with Crippen molar-refractivity contribution >= 4 is 17.5 Å². The van der Waals surface area contributed by atoms with Crippen LogP contribution in [0.5, 0.6) is 0 Å². The molecule has 1 atom stereocenters. The number of rotatable bonds is 5. The van der Waals surface area contributed by atoms with Gasteiger partial charge in [0.2, 0.25) is 11.8 Å². The molecule has 2 aliphatic rings. The summed E-state index contributed by atoms with van der Waals surface area (Å²) in [6.07, 6.45) is -1.33. The van der Waals surface area contributed by atoms with Gasteiger partial charge in [-0.2, -0.15) is 18.4 Å². The summed E-state index contributed by atoms with van der Waals surface area (Å²) in [4.78, 5) is 28.4. The number of nitrogens with two attached hydrogens (primary N) is 1. The number of hydrogen-bond acceptors (Lipinski definition) is 4. The molecule has 0 aromatic heterocycles. The SMILES string of the molecule is CCC(CC)C(=O)N1CCC2(CC1)CC(C(N)=O)N(c1ccc(C#N)c(C(F)(F)F)c1)C2. The van der Waals surface area contributed by atoms with Gasteiger partial charge in [-0.05, 0) is 55.7 Å². The Morgan fingerprint density at radius 3 is 2.38 bits per heavy atom. The van der Waals surface area contributed by atoms with E-state index >= 15 is 0 Å². The van der Waals surface area contributed by atoms with Crippen molar-refractivity contribution in [3.05, 3.63) is 29.3 Å². The fourth-order valence-electron chi connectivity index (χ4n) is 5.08. The summed E-state index contributed by atoms with van der Waals surface area (Å²) in [5, 5.41) is 9.05. The Morgan fingerprint density at radius 2 is 1.88 bits per heavy atom. The van der Waals surface area contributed by atoms with Gasteiger partial charge in [0.15, 0.2) is 0 Å². The Kier molecular flexibility index (Phi) is 6.72. The molecular formula is C23H29F3N4O2. The Bertz CT molecular complexity index is 913. The topological polar surface area (TPSA) is 90.4 Å². The van der Waals surface area contributed by atoms with Crippen molar-refractivity contribution in [3.63, 3.8) is 0 Å². The van der Waals surface area contributed by atoms with Gasteiger partial charge in [-0.25, -0.2) is 0 Å². The van der Waals surface area contributed by atoms with E-state index in [4.69, 9.17) is 11.0 Å². The summed E-state index contributed by atoms with van der Waals surface area (Å²) < 4.78 is 40.3. The number of benzene rings is 1. The monoisotopic (exact) mass is 450 g/mol. The first-order chi connectivity index (χ1) is 15.0. The first kappa shape index (κ1) is 23.9. The van der Waals surface area contributed by atoms with Gasteiger partial charge in [-0.1, -0.05) is 13.8 Å². The lowest BCUT2D eigenvalue weighted by Crippen LogP contribution is -2.46. The molecule has 2 aliphatic heterocycles. The molecule has 1 spiro atoms. The van der Waals surface area contributed by atoms with Crippen molar-refractivity contribution in [2.45, 2.75) is 58.2 Å². The molecular weight excluding hydrogens is 421 g/mol. The number of carbonyl (C=O) groups is 2. The first-order valence-electron chi connectivity index (χ1n) is 11.0. The predicted octanol–water partition coefficient (Wildman–Crippen LogP) is 3.69. The van der Waals surface area contributed by atoms with E-state index in [2.05, 4.69) is 0 Å². The van der Waals surface area contributed by atoms with Crippen LogP contribution in [0.4, 0.5) is 18.9 Å². The summed E-state index contributed by atoms with van der Waals surface area (Å²) in [6, 6.07) is 4.35. The zero-order valence-corrected chi connectivity index (χ0v) is 18.4. The van der Waals surface area contributed by atoms with E-state index in [1.165, 1.54) is 6.07 Å². The number of piperidine rings is 1. The van der Waals surface area contributed by atoms with Gasteiger partial charge in [0, 0.05) is 31.2 Å². The molecule has 2 fully saturated rings. The molecule has 0 radical (unpaired) electrons. The minimum Gasteiger partial charge on any atom is -0.368 e. The lowest BCUT2D eigenvalue weighted by Gasteiger charge is -2.40. The van der Waals surface area contributed by atoms with E-state index in [0.717, 1.165) is 25.0 Å². The number of hydrogen-bond donors (Lipinski definition) is 1. The van der Waals surface area contributed by atoms with Crippen molar-refractivity contribution in [2.75, 3.05) is 24.5 Å². The number of amides is 2. The van der Waals surface area contributed by atoms with E-state index in [-0.39, 0.29) is 22.9 Å². The molecule has 2 amide bonds. The van der Waals surface area contributed by atoms with Crippen molar-refractivity contribution < 1.29 is 22.8 Å². The minimum absolute atomic E-state index is 0.00179. The molecule has 1 aromatic rings. The van der Waals surface area contributed by atoms with Crippen LogP contribution >= 0.6 is 0 Å². The van der Waals surface area contributed by atoms with E-state index in [9.17, 15) is 22.8 Å². The lowest BCUT2D eigenvalue weighted by molar-refractivity contribution is -0.138. The Hall–Kier alpha value is -2.76. The number of halogens is 3. The number of nitrogens with zero attached hydrogens (tertiary/aromatic N) is 3. The number of alkyl halides is 3. The highest BCUT2D eigenvalue weighted by molar-refractivity contribution is 5.85. The number of nitriles is 1. The van der Waals surface area contributed by atoms with Crippen molar-refractivity contribution in [2.24, 2.45) is 17.1 Å². The highest BCUT2D eigenvalue weighted by Crippen LogP contribution is 2.46. The van der Waals surface area contributed by atoms with Crippen LogP contribution in [0.2, 0.25) is 0 Å². The summed E-state index contributed by atoms with van der Waals surface area (Å²) in [5.74, 6) is -0.440. The van der Waals surface area contributed by atoms with Gasteiger partial charge in [-0.15, -0.1) is 0 Å². The summed E-state index contributed by atoms with van der Waals surface area (Å²) in [6.45, 7) is 5.51. The van der Waals surface area contributed by atoms with Gasteiger partial charge in [0.1, 0.15) is 6.04 Å². The number of anilines is 1. The zero-order chi connectivity index (χ0) is 23.7. The Morgan fingerprint density at radius 1 is 1.25 bits per heavy atom. The van der Waals surface area contributed by atoms with Gasteiger partial charge >= 0.3 is 6.18 Å². The third-order valence-electron chi connectivity index (χ3n) is 7.07. The molecule has 0 saturated carbocycles. The molecule has 0 bridgehead atoms. The average molecular weight is 451 g/mol.